The third kappa shape index (κ3) is 5.70. The third-order valence-electron chi connectivity index (χ3n) is 4.51. The summed E-state index contributed by atoms with van der Waals surface area (Å²) >= 11 is 6.80. The molecule has 6 nitrogen and oxygen atoms in total. The number of rotatable bonds is 6. The number of hydrogen-bond donors (Lipinski definition) is 0. The number of nitrogens with zero attached hydrogens (tertiary/aromatic N) is 3. The number of hydrogen-bond acceptors (Lipinski definition) is 5. The lowest BCUT2D eigenvalue weighted by Gasteiger charge is -2.18. The van der Waals surface area contributed by atoms with Crippen LogP contribution in [-0.2, 0) is 16.8 Å². The van der Waals surface area contributed by atoms with Crippen molar-refractivity contribution in [1.82, 2.24) is 15.1 Å². The van der Waals surface area contributed by atoms with Crippen molar-refractivity contribution >= 4 is 37.8 Å². The molecule has 158 valence electrons. The molecule has 0 spiro atoms. The molecule has 3 rings (SSSR count). The molecule has 0 radical (unpaired) electrons. The predicted molar refractivity (Wildman–Crippen MR) is 122 cm³/mol. The van der Waals surface area contributed by atoms with Crippen LogP contribution in [0.4, 0.5) is 0 Å². The molecule has 0 atom stereocenters. The molecule has 0 fully saturated rings. The molecular formula is C22H23Br2N3O3. The SMILES string of the molecule is CN(Cc1nnc(-c2ccc(C(C)(C)C)cc2)o1)C(=O)COc1ccc(Br)cc1Br. The predicted octanol–water partition coefficient (Wildman–Crippen LogP) is 5.60. The van der Waals surface area contributed by atoms with E-state index >= 15 is 0 Å². The number of carbonyl (C=O) groups excluding carboxylic acids is 1. The Bertz CT molecular complexity index is 1030. The van der Waals surface area contributed by atoms with Crippen LogP contribution in [-0.4, -0.2) is 34.7 Å². The maximum atomic E-state index is 12.4. The van der Waals surface area contributed by atoms with Crippen LogP contribution in [0.25, 0.3) is 11.5 Å². The quantitative estimate of drug-likeness (QED) is 0.410. The highest BCUT2D eigenvalue weighted by atomic mass is 79.9. The lowest BCUT2D eigenvalue weighted by atomic mass is 9.87. The summed E-state index contributed by atoms with van der Waals surface area (Å²) < 4.78 is 13.0. The molecule has 8 heteroatoms. The second kappa shape index (κ2) is 9.31. The van der Waals surface area contributed by atoms with Crippen LogP contribution in [0, 0.1) is 0 Å². The van der Waals surface area contributed by atoms with Crippen LogP contribution < -0.4 is 4.74 Å². The second-order valence-corrected chi connectivity index (χ2v) is 9.71. The summed E-state index contributed by atoms with van der Waals surface area (Å²) in [7, 11) is 1.67. The van der Waals surface area contributed by atoms with Gasteiger partial charge in [-0.1, -0.05) is 48.8 Å². The van der Waals surface area contributed by atoms with E-state index in [0.717, 1.165) is 14.5 Å². The van der Waals surface area contributed by atoms with E-state index in [2.05, 4.69) is 75.0 Å². The normalized spacial score (nSPS) is 11.4. The van der Waals surface area contributed by atoms with Crippen LogP contribution in [0.3, 0.4) is 0 Å². The fourth-order valence-electron chi connectivity index (χ4n) is 2.68. The maximum Gasteiger partial charge on any atom is 0.260 e. The van der Waals surface area contributed by atoms with Gasteiger partial charge in [-0.2, -0.15) is 0 Å². The Labute approximate surface area is 192 Å². The van der Waals surface area contributed by atoms with Crippen molar-refractivity contribution in [1.29, 1.82) is 0 Å². The molecule has 1 aromatic heterocycles. The van der Waals surface area contributed by atoms with Gasteiger partial charge in [0, 0.05) is 17.1 Å². The topological polar surface area (TPSA) is 68.5 Å². The van der Waals surface area contributed by atoms with Crippen LogP contribution in [0.5, 0.6) is 5.75 Å². The summed E-state index contributed by atoms with van der Waals surface area (Å²) in [6.07, 6.45) is 0. The number of carbonyl (C=O) groups is 1. The van der Waals surface area contributed by atoms with Gasteiger partial charge in [0.15, 0.2) is 6.61 Å². The fourth-order valence-corrected chi connectivity index (χ4v) is 3.84. The van der Waals surface area contributed by atoms with Gasteiger partial charge in [-0.3, -0.25) is 4.79 Å². The Morgan fingerprint density at radius 3 is 2.43 bits per heavy atom. The van der Waals surface area contributed by atoms with E-state index in [0.29, 0.717) is 17.5 Å². The summed E-state index contributed by atoms with van der Waals surface area (Å²) in [4.78, 5) is 13.9. The van der Waals surface area contributed by atoms with Crippen molar-refractivity contribution in [2.45, 2.75) is 32.7 Å². The second-order valence-electron chi connectivity index (χ2n) is 7.94. The Kier molecular flexibility index (Phi) is 6.98. The molecule has 0 aliphatic carbocycles. The first-order valence-corrected chi connectivity index (χ1v) is 11.0. The third-order valence-corrected chi connectivity index (χ3v) is 5.62. The van der Waals surface area contributed by atoms with Crippen molar-refractivity contribution in [3.05, 3.63) is 62.9 Å². The number of benzene rings is 2. The van der Waals surface area contributed by atoms with Crippen molar-refractivity contribution in [3.63, 3.8) is 0 Å². The molecule has 1 heterocycles. The molecule has 0 saturated carbocycles. The zero-order valence-electron chi connectivity index (χ0n) is 17.3. The first-order chi connectivity index (χ1) is 14.1. The number of ether oxygens (including phenoxy) is 1. The first kappa shape index (κ1) is 22.5. The van der Waals surface area contributed by atoms with Crippen molar-refractivity contribution in [3.8, 4) is 17.2 Å². The molecule has 30 heavy (non-hydrogen) atoms. The van der Waals surface area contributed by atoms with E-state index in [4.69, 9.17) is 9.15 Å². The van der Waals surface area contributed by atoms with Crippen LogP contribution in [0.2, 0.25) is 0 Å². The molecule has 0 unspecified atom stereocenters. The van der Waals surface area contributed by atoms with Gasteiger partial charge in [-0.05, 0) is 57.2 Å². The summed E-state index contributed by atoms with van der Waals surface area (Å²) in [5, 5.41) is 8.17. The Morgan fingerprint density at radius 2 is 1.80 bits per heavy atom. The van der Waals surface area contributed by atoms with Crippen LogP contribution in [0.1, 0.15) is 32.2 Å². The van der Waals surface area contributed by atoms with Crippen molar-refractivity contribution < 1.29 is 13.9 Å². The zero-order chi connectivity index (χ0) is 21.9. The van der Waals surface area contributed by atoms with Gasteiger partial charge < -0.3 is 14.1 Å². The molecule has 2 aromatic carbocycles. The number of likely N-dealkylation sites (N-methyl/N-ethyl adjacent to an activating group) is 1. The molecule has 0 N–H and O–H groups in total. The molecule has 0 aliphatic rings. The standard InChI is InChI=1S/C22H23Br2N3O3/c1-22(2,3)15-7-5-14(6-8-15)21-26-25-19(30-21)12-27(4)20(28)13-29-18-10-9-16(23)11-17(18)24/h5-11H,12-13H2,1-4H3. The van der Waals surface area contributed by atoms with Gasteiger partial charge in [0.25, 0.3) is 5.91 Å². The Balaban J connectivity index is 1.58. The number of aromatic nitrogens is 2. The average Bonchev–Trinajstić information content (AvgIpc) is 3.15. The van der Waals surface area contributed by atoms with Crippen LogP contribution >= 0.6 is 31.9 Å². The van der Waals surface area contributed by atoms with E-state index in [1.165, 1.54) is 10.5 Å². The average molecular weight is 537 g/mol. The van der Waals surface area contributed by atoms with E-state index in [9.17, 15) is 4.79 Å². The van der Waals surface area contributed by atoms with E-state index < -0.39 is 0 Å². The van der Waals surface area contributed by atoms with Crippen molar-refractivity contribution in [2.24, 2.45) is 0 Å². The Hall–Kier alpha value is -2.19. The molecule has 0 saturated heterocycles. The molecule has 1 amide bonds. The lowest BCUT2D eigenvalue weighted by Crippen LogP contribution is -2.31. The largest absolute Gasteiger partial charge is 0.483 e. The van der Waals surface area contributed by atoms with Gasteiger partial charge in [0.2, 0.25) is 11.8 Å². The van der Waals surface area contributed by atoms with Gasteiger partial charge >= 0.3 is 0 Å². The smallest absolute Gasteiger partial charge is 0.260 e. The maximum absolute atomic E-state index is 12.4. The summed E-state index contributed by atoms with van der Waals surface area (Å²) in [5.41, 5.74) is 2.16. The van der Waals surface area contributed by atoms with Gasteiger partial charge in [-0.25, -0.2) is 0 Å². The van der Waals surface area contributed by atoms with Gasteiger partial charge in [0.05, 0.1) is 11.0 Å². The molecule has 0 aliphatic heterocycles. The fraction of sp³-hybridized carbons (Fsp3) is 0.318. The highest BCUT2D eigenvalue weighted by Crippen LogP contribution is 2.28. The number of halogens is 2. The minimum absolute atomic E-state index is 0.0789. The summed E-state index contributed by atoms with van der Waals surface area (Å²) in [5.74, 6) is 1.20. The van der Waals surface area contributed by atoms with Crippen LogP contribution in [0.15, 0.2) is 55.8 Å². The molecular weight excluding hydrogens is 514 g/mol. The highest BCUT2D eigenvalue weighted by molar-refractivity contribution is 9.11. The molecule has 3 aromatic rings. The van der Waals surface area contributed by atoms with Gasteiger partial charge in [0.1, 0.15) is 5.75 Å². The zero-order valence-corrected chi connectivity index (χ0v) is 20.4. The van der Waals surface area contributed by atoms with E-state index in [-0.39, 0.29) is 24.5 Å². The monoisotopic (exact) mass is 535 g/mol. The lowest BCUT2D eigenvalue weighted by molar-refractivity contribution is -0.132. The van der Waals surface area contributed by atoms with E-state index in [1.54, 1.807) is 13.1 Å². The summed E-state index contributed by atoms with van der Waals surface area (Å²) in [6, 6.07) is 13.6. The van der Waals surface area contributed by atoms with Gasteiger partial charge in [-0.15, -0.1) is 10.2 Å². The van der Waals surface area contributed by atoms with E-state index in [1.807, 2.05) is 24.3 Å². The summed E-state index contributed by atoms with van der Waals surface area (Å²) in [6.45, 7) is 6.61. The number of amides is 1. The van der Waals surface area contributed by atoms with Crippen molar-refractivity contribution in [2.75, 3.05) is 13.7 Å². The highest BCUT2D eigenvalue weighted by Gasteiger charge is 2.17. The first-order valence-electron chi connectivity index (χ1n) is 9.38. The minimum atomic E-state index is -0.195. The molecule has 0 bridgehead atoms. The minimum Gasteiger partial charge on any atom is -0.483 e. The Morgan fingerprint density at radius 1 is 1.10 bits per heavy atom.